The minimum atomic E-state index is -0.380. The van der Waals surface area contributed by atoms with E-state index in [1.54, 1.807) is 11.0 Å². The molecule has 5 heteroatoms. The predicted octanol–water partition coefficient (Wildman–Crippen LogP) is 2.83. The molecule has 1 aromatic carbocycles. The van der Waals surface area contributed by atoms with E-state index in [1.165, 1.54) is 7.11 Å². The molecule has 2 rings (SSSR count). The van der Waals surface area contributed by atoms with Crippen molar-refractivity contribution in [1.29, 1.82) is 0 Å². The van der Waals surface area contributed by atoms with E-state index in [0.717, 1.165) is 31.2 Å². The van der Waals surface area contributed by atoms with Crippen LogP contribution in [0.15, 0.2) is 24.3 Å². The van der Waals surface area contributed by atoms with Gasteiger partial charge in [-0.05, 0) is 24.5 Å². The molecule has 1 aromatic rings. The molecule has 0 atom stereocenters. The number of methoxy groups -OCH3 is 1. The van der Waals surface area contributed by atoms with Gasteiger partial charge in [0.25, 0.3) is 0 Å². The highest BCUT2D eigenvalue weighted by molar-refractivity contribution is 6.31. The van der Waals surface area contributed by atoms with E-state index in [0.29, 0.717) is 5.02 Å². The van der Waals surface area contributed by atoms with Gasteiger partial charge in [0.1, 0.15) is 6.54 Å². The summed E-state index contributed by atoms with van der Waals surface area (Å²) in [5.41, 5.74) is 0.789. The van der Waals surface area contributed by atoms with Gasteiger partial charge in [0.2, 0.25) is 5.91 Å². The fraction of sp³-hybridized carbons (Fsp3) is 0.500. The SMILES string of the molecule is COC(=O)CN(C(=O)Cc1ccccc1Cl)C1CCCC1. The lowest BCUT2D eigenvalue weighted by atomic mass is 10.1. The first-order valence-electron chi connectivity index (χ1n) is 7.21. The van der Waals surface area contributed by atoms with Gasteiger partial charge < -0.3 is 9.64 Å². The van der Waals surface area contributed by atoms with Crippen LogP contribution in [0, 0.1) is 0 Å². The number of ether oxygens (including phenoxy) is 1. The first-order chi connectivity index (χ1) is 10.1. The molecular formula is C16H20ClNO3. The Morgan fingerprint density at radius 1 is 1.29 bits per heavy atom. The zero-order valence-corrected chi connectivity index (χ0v) is 12.9. The van der Waals surface area contributed by atoms with Crippen LogP contribution in [0.3, 0.4) is 0 Å². The van der Waals surface area contributed by atoms with Crippen molar-refractivity contribution in [2.45, 2.75) is 38.1 Å². The van der Waals surface area contributed by atoms with Gasteiger partial charge in [-0.25, -0.2) is 0 Å². The average molecular weight is 310 g/mol. The maximum atomic E-state index is 12.6. The summed E-state index contributed by atoms with van der Waals surface area (Å²) in [5.74, 6) is -0.449. The zero-order chi connectivity index (χ0) is 15.2. The van der Waals surface area contributed by atoms with Gasteiger partial charge in [0.05, 0.1) is 13.5 Å². The first kappa shape index (κ1) is 15.8. The largest absolute Gasteiger partial charge is 0.468 e. The molecule has 4 nitrogen and oxygen atoms in total. The number of amides is 1. The number of hydrogen-bond donors (Lipinski definition) is 0. The summed E-state index contributed by atoms with van der Waals surface area (Å²) >= 11 is 6.10. The molecule has 0 unspecified atom stereocenters. The van der Waals surface area contributed by atoms with E-state index in [-0.39, 0.29) is 30.9 Å². The molecule has 1 amide bonds. The van der Waals surface area contributed by atoms with Crippen molar-refractivity contribution < 1.29 is 14.3 Å². The van der Waals surface area contributed by atoms with E-state index in [4.69, 9.17) is 16.3 Å². The molecule has 0 N–H and O–H groups in total. The number of halogens is 1. The fourth-order valence-corrected chi connectivity index (χ4v) is 2.95. The van der Waals surface area contributed by atoms with Crippen molar-refractivity contribution in [1.82, 2.24) is 4.90 Å². The third kappa shape index (κ3) is 4.21. The molecule has 0 bridgehead atoms. The lowest BCUT2D eigenvalue weighted by Crippen LogP contribution is -2.43. The molecule has 21 heavy (non-hydrogen) atoms. The van der Waals surface area contributed by atoms with Crippen LogP contribution in [0.1, 0.15) is 31.2 Å². The maximum Gasteiger partial charge on any atom is 0.325 e. The molecule has 0 aromatic heterocycles. The Labute approximate surface area is 130 Å². The highest BCUT2D eigenvalue weighted by Crippen LogP contribution is 2.25. The van der Waals surface area contributed by atoms with E-state index < -0.39 is 0 Å². The standard InChI is InChI=1S/C16H20ClNO3/c1-21-16(20)11-18(13-7-3-4-8-13)15(19)10-12-6-2-5-9-14(12)17/h2,5-6,9,13H,3-4,7-8,10-11H2,1H3. The van der Waals surface area contributed by atoms with Crippen molar-refractivity contribution in [3.8, 4) is 0 Å². The summed E-state index contributed by atoms with van der Waals surface area (Å²) in [6.07, 6.45) is 4.31. The van der Waals surface area contributed by atoms with Crippen molar-refractivity contribution in [2.24, 2.45) is 0 Å². The minimum absolute atomic E-state index is 0.0183. The van der Waals surface area contributed by atoms with Crippen LogP contribution in [-0.2, 0) is 20.7 Å². The number of carbonyl (C=O) groups is 2. The number of hydrogen-bond acceptors (Lipinski definition) is 3. The van der Waals surface area contributed by atoms with Crippen molar-refractivity contribution in [2.75, 3.05) is 13.7 Å². The van der Waals surface area contributed by atoms with Crippen LogP contribution in [0.4, 0.5) is 0 Å². The molecule has 0 saturated heterocycles. The van der Waals surface area contributed by atoms with Gasteiger partial charge in [-0.2, -0.15) is 0 Å². The number of esters is 1. The number of carbonyl (C=O) groups excluding carboxylic acids is 2. The predicted molar refractivity (Wildman–Crippen MR) is 81.1 cm³/mol. The highest BCUT2D eigenvalue weighted by atomic mass is 35.5. The van der Waals surface area contributed by atoms with Crippen LogP contribution < -0.4 is 0 Å². The summed E-state index contributed by atoms with van der Waals surface area (Å²) in [7, 11) is 1.34. The van der Waals surface area contributed by atoms with Gasteiger partial charge in [0, 0.05) is 11.1 Å². The third-order valence-electron chi connectivity index (χ3n) is 3.91. The van der Waals surface area contributed by atoms with Crippen LogP contribution >= 0.6 is 11.6 Å². The van der Waals surface area contributed by atoms with Gasteiger partial charge in [-0.1, -0.05) is 42.6 Å². The summed E-state index contributed by atoms with van der Waals surface area (Å²) in [6, 6.07) is 7.43. The summed E-state index contributed by atoms with van der Waals surface area (Å²) in [4.78, 5) is 25.8. The molecule has 0 radical (unpaired) electrons. The monoisotopic (exact) mass is 309 g/mol. The second-order valence-electron chi connectivity index (χ2n) is 5.30. The maximum absolute atomic E-state index is 12.6. The Morgan fingerprint density at radius 3 is 2.57 bits per heavy atom. The molecule has 0 aliphatic heterocycles. The normalized spacial score (nSPS) is 15.0. The van der Waals surface area contributed by atoms with Crippen LogP contribution in [0.2, 0.25) is 5.02 Å². The van der Waals surface area contributed by atoms with Gasteiger partial charge in [-0.3, -0.25) is 9.59 Å². The van der Waals surface area contributed by atoms with Crippen LogP contribution in [0.25, 0.3) is 0 Å². The molecule has 1 fully saturated rings. The summed E-state index contributed by atoms with van der Waals surface area (Å²) in [6.45, 7) is 0.0183. The smallest absolute Gasteiger partial charge is 0.325 e. The first-order valence-corrected chi connectivity index (χ1v) is 7.59. The summed E-state index contributed by atoms with van der Waals surface area (Å²) in [5, 5.41) is 0.579. The van der Waals surface area contributed by atoms with Crippen LogP contribution in [0.5, 0.6) is 0 Å². The Hall–Kier alpha value is -1.55. The van der Waals surface area contributed by atoms with Crippen molar-refractivity contribution >= 4 is 23.5 Å². The van der Waals surface area contributed by atoms with Crippen molar-refractivity contribution in [3.05, 3.63) is 34.9 Å². The molecule has 0 heterocycles. The molecule has 114 valence electrons. The Morgan fingerprint density at radius 2 is 1.95 bits per heavy atom. The van der Waals surface area contributed by atoms with Gasteiger partial charge >= 0.3 is 5.97 Å². The molecule has 0 spiro atoms. The lowest BCUT2D eigenvalue weighted by Gasteiger charge is -2.28. The second kappa shape index (κ2) is 7.46. The van der Waals surface area contributed by atoms with Gasteiger partial charge in [0.15, 0.2) is 0 Å². The van der Waals surface area contributed by atoms with E-state index in [1.807, 2.05) is 18.2 Å². The second-order valence-corrected chi connectivity index (χ2v) is 5.71. The summed E-state index contributed by atoms with van der Waals surface area (Å²) < 4.78 is 4.71. The molecular weight excluding hydrogens is 290 g/mol. The van der Waals surface area contributed by atoms with Crippen LogP contribution in [-0.4, -0.2) is 36.5 Å². The highest BCUT2D eigenvalue weighted by Gasteiger charge is 2.28. The quantitative estimate of drug-likeness (QED) is 0.786. The minimum Gasteiger partial charge on any atom is -0.468 e. The number of benzene rings is 1. The van der Waals surface area contributed by atoms with Crippen molar-refractivity contribution in [3.63, 3.8) is 0 Å². The van der Waals surface area contributed by atoms with Gasteiger partial charge in [-0.15, -0.1) is 0 Å². The molecule has 1 saturated carbocycles. The molecule has 1 aliphatic carbocycles. The number of rotatable bonds is 5. The Bertz CT molecular complexity index is 512. The van der Waals surface area contributed by atoms with E-state index >= 15 is 0 Å². The topological polar surface area (TPSA) is 46.6 Å². The lowest BCUT2D eigenvalue weighted by molar-refractivity contribution is -0.148. The molecule has 1 aliphatic rings. The Balaban J connectivity index is 2.10. The fourth-order valence-electron chi connectivity index (χ4n) is 2.75. The average Bonchev–Trinajstić information content (AvgIpc) is 3.00. The van der Waals surface area contributed by atoms with E-state index in [2.05, 4.69) is 0 Å². The van der Waals surface area contributed by atoms with E-state index in [9.17, 15) is 9.59 Å². The number of nitrogens with zero attached hydrogens (tertiary/aromatic N) is 1. The Kier molecular flexibility index (Phi) is 5.62. The third-order valence-corrected chi connectivity index (χ3v) is 4.28. The zero-order valence-electron chi connectivity index (χ0n) is 12.2.